The van der Waals surface area contributed by atoms with E-state index in [0.29, 0.717) is 0 Å². The number of amides is 1. The molecule has 4 nitrogen and oxygen atoms in total. The van der Waals surface area contributed by atoms with Gasteiger partial charge >= 0.3 is 0 Å². The second-order valence-corrected chi connectivity index (χ2v) is 6.79. The second-order valence-electron chi connectivity index (χ2n) is 5.70. The van der Waals surface area contributed by atoms with Crippen molar-refractivity contribution in [2.75, 3.05) is 13.1 Å². The number of aromatic nitrogens is 1. The summed E-state index contributed by atoms with van der Waals surface area (Å²) < 4.78 is 1.07. The molecule has 2 bridgehead atoms. The predicted molar refractivity (Wildman–Crippen MR) is 79.8 cm³/mol. The summed E-state index contributed by atoms with van der Waals surface area (Å²) in [4.78, 5) is 19.9. The average molecular weight is 287 g/mol. The standard InChI is InChI=1S/C15H17N3OS/c19-15(13-9-11-12(20-13)2-1-5-16-11)17-14-8-10-3-6-18(14)7-4-10/h1-2,5,9-10,14H,3-4,6-8H2,(H,17,19). The number of nitrogens with zero attached hydrogens (tertiary/aromatic N) is 2. The van der Waals surface area contributed by atoms with Crippen LogP contribution >= 0.6 is 11.3 Å². The molecule has 2 aromatic heterocycles. The summed E-state index contributed by atoms with van der Waals surface area (Å²) in [5.74, 6) is 0.847. The minimum Gasteiger partial charge on any atom is -0.336 e. The Morgan fingerprint density at radius 2 is 2.25 bits per heavy atom. The minimum atomic E-state index is 0.0468. The number of rotatable bonds is 2. The quantitative estimate of drug-likeness (QED) is 0.923. The third-order valence-electron chi connectivity index (χ3n) is 4.46. The number of nitrogens with one attached hydrogen (secondary N) is 1. The maximum Gasteiger partial charge on any atom is 0.262 e. The predicted octanol–water partition coefficient (Wildman–Crippen LogP) is 2.47. The van der Waals surface area contributed by atoms with Crippen LogP contribution in [0.2, 0.25) is 0 Å². The van der Waals surface area contributed by atoms with Gasteiger partial charge in [-0.05, 0) is 43.4 Å². The lowest BCUT2D eigenvalue weighted by molar-refractivity contribution is 0.0296. The van der Waals surface area contributed by atoms with Gasteiger partial charge in [-0.15, -0.1) is 11.3 Å². The molecule has 104 valence electrons. The number of thiophene rings is 1. The lowest BCUT2D eigenvalue weighted by Crippen LogP contribution is -2.56. The van der Waals surface area contributed by atoms with Crippen LogP contribution in [0, 0.1) is 5.92 Å². The molecule has 1 unspecified atom stereocenters. The van der Waals surface area contributed by atoms with Crippen LogP contribution in [0.3, 0.4) is 0 Å². The summed E-state index contributed by atoms with van der Waals surface area (Å²) in [6.45, 7) is 2.26. The molecular weight excluding hydrogens is 270 g/mol. The van der Waals surface area contributed by atoms with E-state index in [1.807, 2.05) is 18.2 Å². The van der Waals surface area contributed by atoms with Crippen LogP contribution in [0.4, 0.5) is 0 Å². The van der Waals surface area contributed by atoms with E-state index in [1.54, 1.807) is 6.20 Å². The highest BCUT2D eigenvalue weighted by molar-refractivity contribution is 7.20. The Balaban J connectivity index is 1.52. The van der Waals surface area contributed by atoms with Crippen molar-refractivity contribution in [3.63, 3.8) is 0 Å². The number of carbonyl (C=O) groups excluding carboxylic acids is 1. The molecular formula is C15H17N3OS. The van der Waals surface area contributed by atoms with Crippen LogP contribution in [0.25, 0.3) is 10.2 Å². The summed E-state index contributed by atoms with van der Waals surface area (Å²) in [5, 5.41) is 3.20. The van der Waals surface area contributed by atoms with Gasteiger partial charge < -0.3 is 5.32 Å². The highest BCUT2D eigenvalue weighted by Crippen LogP contribution is 2.31. The van der Waals surface area contributed by atoms with Gasteiger partial charge in [0.25, 0.3) is 5.91 Å². The van der Waals surface area contributed by atoms with Crippen LogP contribution in [-0.4, -0.2) is 35.0 Å². The average Bonchev–Trinajstić information content (AvgIpc) is 2.92. The molecule has 0 saturated carbocycles. The monoisotopic (exact) mass is 287 g/mol. The van der Waals surface area contributed by atoms with Crippen molar-refractivity contribution in [1.29, 1.82) is 0 Å². The van der Waals surface area contributed by atoms with Gasteiger partial charge in [0.05, 0.1) is 21.3 Å². The number of pyridine rings is 1. The smallest absolute Gasteiger partial charge is 0.262 e. The number of hydrogen-bond donors (Lipinski definition) is 1. The lowest BCUT2D eigenvalue weighted by atomic mass is 9.86. The number of piperidine rings is 3. The lowest BCUT2D eigenvalue weighted by Gasteiger charge is -2.45. The molecule has 0 aliphatic carbocycles. The molecule has 5 rings (SSSR count). The highest BCUT2D eigenvalue weighted by Gasteiger charge is 2.34. The molecule has 20 heavy (non-hydrogen) atoms. The van der Waals surface area contributed by atoms with Crippen LogP contribution in [0.15, 0.2) is 24.4 Å². The largest absolute Gasteiger partial charge is 0.336 e. The fraction of sp³-hybridized carbons (Fsp3) is 0.467. The molecule has 3 fully saturated rings. The first-order valence-electron chi connectivity index (χ1n) is 7.19. The normalized spacial score (nSPS) is 28.7. The van der Waals surface area contributed by atoms with Gasteiger partial charge in [0, 0.05) is 19.3 Å². The van der Waals surface area contributed by atoms with Gasteiger partial charge in [-0.1, -0.05) is 0 Å². The fourth-order valence-electron chi connectivity index (χ4n) is 3.32. The van der Waals surface area contributed by atoms with Crippen molar-refractivity contribution in [3.05, 3.63) is 29.3 Å². The van der Waals surface area contributed by atoms with Crippen molar-refractivity contribution >= 4 is 27.5 Å². The van der Waals surface area contributed by atoms with Crippen molar-refractivity contribution in [2.45, 2.75) is 25.4 Å². The molecule has 3 aliphatic heterocycles. The van der Waals surface area contributed by atoms with Crippen molar-refractivity contribution in [2.24, 2.45) is 5.92 Å². The van der Waals surface area contributed by atoms with Crippen LogP contribution in [0.5, 0.6) is 0 Å². The molecule has 5 heterocycles. The van der Waals surface area contributed by atoms with E-state index in [1.165, 1.54) is 24.2 Å². The Morgan fingerprint density at radius 3 is 2.95 bits per heavy atom. The molecule has 1 atom stereocenters. The molecule has 5 heteroatoms. The Morgan fingerprint density at radius 1 is 1.40 bits per heavy atom. The van der Waals surface area contributed by atoms with Gasteiger partial charge in [-0.2, -0.15) is 0 Å². The van der Waals surface area contributed by atoms with Gasteiger partial charge in [-0.3, -0.25) is 14.7 Å². The number of hydrogen-bond acceptors (Lipinski definition) is 4. The fourth-order valence-corrected chi connectivity index (χ4v) is 4.24. The SMILES string of the molecule is O=C(NC1CC2CCN1CC2)c1cc2ncccc2s1. The number of carbonyl (C=O) groups is 1. The second kappa shape index (κ2) is 4.82. The first-order chi connectivity index (χ1) is 9.79. The van der Waals surface area contributed by atoms with Gasteiger partial charge in [0.2, 0.25) is 0 Å². The summed E-state index contributed by atoms with van der Waals surface area (Å²) in [7, 11) is 0. The third kappa shape index (κ3) is 2.11. The van der Waals surface area contributed by atoms with Crippen molar-refractivity contribution in [1.82, 2.24) is 15.2 Å². The van der Waals surface area contributed by atoms with Crippen LogP contribution < -0.4 is 5.32 Å². The van der Waals surface area contributed by atoms with Gasteiger partial charge in [0.1, 0.15) is 0 Å². The molecule has 0 spiro atoms. The van der Waals surface area contributed by atoms with Crippen LogP contribution in [0.1, 0.15) is 28.9 Å². The van der Waals surface area contributed by atoms with Crippen molar-refractivity contribution < 1.29 is 4.79 Å². The minimum absolute atomic E-state index is 0.0468. The molecule has 1 N–H and O–H groups in total. The van der Waals surface area contributed by atoms with Gasteiger partial charge in [0.15, 0.2) is 0 Å². The Kier molecular flexibility index (Phi) is 2.97. The molecule has 3 aliphatic rings. The maximum atomic E-state index is 12.4. The summed E-state index contributed by atoms with van der Waals surface area (Å²) in [5.41, 5.74) is 0.910. The summed E-state index contributed by atoms with van der Waals surface area (Å²) in [6, 6.07) is 5.81. The van der Waals surface area contributed by atoms with E-state index in [-0.39, 0.29) is 12.1 Å². The first kappa shape index (κ1) is 12.3. The van der Waals surface area contributed by atoms with Crippen LogP contribution in [-0.2, 0) is 0 Å². The number of fused-ring (bicyclic) bond motifs is 4. The molecule has 0 radical (unpaired) electrons. The molecule has 2 aromatic rings. The third-order valence-corrected chi connectivity index (χ3v) is 5.54. The molecule has 1 amide bonds. The Labute approximate surface area is 121 Å². The Hall–Kier alpha value is -1.46. The first-order valence-corrected chi connectivity index (χ1v) is 8.01. The van der Waals surface area contributed by atoms with Crippen molar-refractivity contribution in [3.8, 4) is 0 Å². The Bertz CT molecular complexity index is 612. The zero-order chi connectivity index (χ0) is 13.5. The summed E-state index contributed by atoms with van der Waals surface area (Å²) in [6.07, 6.45) is 5.68. The molecule has 0 aromatic carbocycles. The van der Waals surface area contributed by atoms with E-state index < -0.39 is 0 Å². The highest BCUT2D eigenvalue weighted by atomic mass is 32.1. The van der Waals surface area contributed by atoms with E-state index in [4.69, 9.17) is 0 Å². The summed E-state index contributed by atoms with van der Waals surface area (Å²) >= 11 is 1.52. The van der Waals surface area contributed by atoms with Gasteiger partial charge in [-0.25, -0.2) is 0 Å². The molecule has 3 saturated heterocycles. The zero-order valence-electron chi connectivity index (χ0n) is 11.2. The van der Waals surface area contributed by atoms with E-state index in [2.05, 4.69) is 15.2 Å². The van der Waals surface area contributed by atoms with E-state index in [9.17, 15) is 4.79 Å². The van der Waals surface area contributed by atoms with E-state index in [0.717, 1.165) is 40.5 Å². The topological polar surface area (TPSA) is 45.2 Å². The maximum absolute atomic E-state index is 12.4. The zero-order valence-corrected chi connectivity index (χ0v) is 12.0. The van der Waals surface area contributed by atoms with E-state index >= 15 is 0 Å².